The summed E-state index contributed by atoms with van der Waals surface area (Å²) in [6.07, 6.45) is 2.64. The van der Waals surface area contributed by atoms with E-state index in [0.29, 0.717) is 19.0 Å². The number of rotatable bonds is 4. The van der Waals surface area contributed by atoms with Crippen LogP contribution in [0.4, 0.5) is 4.79 Å². The molecule has 1 aromatic carbocycles. The summed E-state index contributed by atoms with van der Waals surface area (Å²) in [5.74, 6) is 5.96. The Kier molecular flexibility index (Phi) is 5.03. The van der Waals surface area contributed by atoms with Gasteiger partial charge in [-0.15, -0.1) is 0 Å². The molecular weight excluding hydrogens is 252 g/mol. The quantitative estimate of drug-likeness (QED) is 0.820. The van der Waals surface area contributed by atoms with Crippen molar-refractivity contribution in [1.29, 1.82) is 0 Å². The Balaban J connectivity index is 2.00. The lowest BCUT2D eigenvalue weighted by Crippen LogP contribution is -2.38. The minimum atomic E-state index is -0.0365. The SMILES string of the molecule is CN(Cc1ccccc1C#CCCO)C(=O)NC1CC1. The van der Waals surface area contributed by atoms with Gasteiger partial charge in [0.25, 0.3) is 0 Å². The second kappa shape index (κ2) is 6.97. The summed E-state index contributed by atoms with van der Waals surface area (Å²) >= 11 is 0. The first-order valence-corrected chi connectivity index (χ1v) is 6.90. The molecule has 20 heavy (non-hydrogen) atoms. The number of amides is 2. The lowest BCUT2D eigenvalue weighted by atomic mass is 10.1. The number of hydrogen-bond acceptors (Lipinski definition) is 2. The zero-order valence-corrected chi connectivity index (χ0v) is 11.7. The van der Waals surface area contributed by atoms with Crippen LogP contribution in [-0.2, 0) is 6.54 Å². The molecule has 0 atom stereocenters. The van der Waals surface area contributed by atoms with Gasteiger partial charge in [-0.3, -0.25) is 0 Å². The van der Waals surface area contributed by atoms with E-state index in [4.69, 9.17) is 5.11 Å². The van der Waals surface area contributed by atoms with Gasteiger partial charge in [0.15, 0.2) is 0 Å². The maximum Gasteiger partial charge on any atom is 0.317 e. The van der Waals surface area contributed by atoms with Crippen LogP contribution in [0.15, 0.2) is 24.3 Å². The molecule has 1 aliphatic carbocycles. The second-order valence-corrected chi connectivity index (χ2v) is 5.01. The monoisotopic (exact) mass is 272 g/mol. The first-order chi connectivity index (χ1) is 9.70. The van der Waals surface area contributed by atoms with Crippen LogP contribution in [0.25, 0.3) is 0 Å². The van der Waals surface area contributed by atoms with Gasteiger partial charge in [-0.2, -0.15) is 0 Å². The summed E-state index contributed by atoms with van der Waals surface area (Å²) in [7, 11) is 1.79. The predicted molar refractivity (Wildman–Crippen MR) is 78.0 cm³/mol. The lowest BCUT2D eigenvalue weighted by molar-refractivity contribution is 0.206. The third-order valence-electron chi connectivity index (χ3n) is 3.14. The van der Waals surface area contributed by atoms with Crippen molar-refractivity contribution in [3.8, 4) is 11.8 Å². The number of nitrogens with one attached hydrogen (secondary N) is 1. The van der Waals surface area contributed by atoms with Crippen LogP contribution in [0.5, 0.6) is 0 Å². The van der Waals surface area contributed by atoms with E-state index in [1.165, 1.54) is 0 Å². The van der Waals surface area contributed by atoms with E-state index < -0.39 is 0 Å². The molecule has 0 unspecified atom stereocenters. The fourth-order valence-electron chi connectivity index (χ4n) is 1.83. The maximum absolute atomic E-state index is 11.9. The molecule has 1 aromatic rings. The van der Waals surface area contributed by atoms with E-state index in [9.17, 15) is 4.79 Å². The average molecular weight is 272 g/mol. The van der Waals surface area contributed by atoms with Crippen molar-refractivity contribution in [2.24, 2.45) is 0 Å². The highest BCUT2D eigenvalue weighted by atomic mass is 16.2. The van der Waals surface area contributed by atoms with Crippen LogP contribution < -0.4 is 5.32 Å². The zero-order chi connectivity index (χ0) is 14.4. The van der Waals surface area contributed by atoms with Gasteiger partial charge in [-0.25, -0.2) is 4.79 Å². The molecule has 4 heteroatoms. The molecule has 2 amide bonds. The van der Waals surface area contributed by atoms with E-state index in [0.717, 1.165) is 24.0 Å². The normalized spacial score (nSPS) is 13.3. The van der Waals surface area contributed by atoms with E-state index in [1.807, 2.05) is 24.3 Å². The van der Waals surface area contributed by atoms with Crippen LogP contribution in [-0.4, -0.2) is 35.7 Å². The Bertz CT molecular complexity index is 527. The van der Waals surface area contributed by atoms with Gasteiger partial charge < -0.3 is 15.3 Å². The predicted octanol–water partition coefficient (Wildman–Crippen LogP) is 1.72. The van der Waals surface area contributed by atoms with Gasteiger partial charge in [0.1, 0.15) is 0 Å². The third kappa shape index (κ3) is 4.29. The smallest absolute Gasteiger partial charge is 0.317 e. The van der Waals surface area contributed by atoms with E-state index in [-0.39, 0.29) is 12.6 Å². The van der Waals surface area contributed by atoms with Crippen LogP contribution in [0.1, 0.15) is 30.4 Å². The molecule has 0 radical (unpaired) electrons. The van der Waals surface area contributed by atoms with Crippen molar-refractivity contribution < 1.29 is 9.90 Å². The van der Waals surface area contributed by atoms with Crippen LogP contribution >= 0.6 is 0 Å². The molecule has 1 aliphatic rings. The van der Waals surface area contributed by atoms with Gasteiger partial charge in [0, 0.05) is 31.6 Å². The highest BCUT2D eigenvalue weighted by Gasteiger charge is 2.24. The first kappa shape index (κ1) is 14.4. The Labute approximate surface area is 119 Å². The molecule has 1 fully saturated rings. The van der Waals surface area contributed by atoms with Crippen molar-refractivity contribution >= 4 is 6.03 Å². The molecule has 4 nitrogen and oxygen atoms in total. The second-order valence-electron chi connectivity index (χ2n) is 5.01. The summed E-state index contributed by atoms with van der Waals surface area (Å²) in [5.41, 5.74) is 1.93. The van der Waals surface area contributed by atoms with Gasteiger partial charge >= 0.3 is 6.03 Å². The van der Waals surface area contributed by atoms with Gasteiger partial charge in [0.2, 0.25) is 0 Å². The third-order valence-corrected chi connectivity index (χ3v) is 3.14. The Hall–Kier alpha value is -1.99. The summed E-state index contributed by atoms with van der Waals surface area (Å²) in [5, 5.41) is 11.7. The molecule has 0 saturated heterocycles. The summed E-state index contributed by atoms with van der Waals surface area (Å²) in [6, 6.07) is 8.11. The molecular formula is C16H20N2O2. The zero-order valence-electron chi connectivity index (χ0n) is 11.7. The fraction of sp³-hybridized carbons (Fsp3) is 0.438. The molecule has 2 rings (SSSR count). The van der Waals surface area contributed by atoms with Crippen LogP contribution in [0.2, 0.25) is 0 Å². The summed E-state index contributed by atoms with van der Waals surface area (Å²) < 4.78 is 0. The van der Waals surface area contributed by atoms with Crippen molar-refractivity contribution in [3.63, 3.8) is 0 Å². The van der Waals surface area contributed by atoms with E-state index in [1.54, 1.807) is 11.9 Å². The Morgan fingerprint density at radius 1 is 1.45 bits per heavy atom. The first-order valence-electron chi connectivity index (χ1n) is 6.90. The number of carbonyl (C=O) groups is 1. The number of aliphatic hydroxyl groups excluding tert-OH is 1. The lowest BCUT2D eigenvalue weighted by Gasteiger charge is -2.18. The molecule has 0 heterocycles. The minimum Gasteiger partial charge on any atom is -0.395 e. The molecule has 106 valence electrons. The Morgan fingerprint density at radius 2 is 2.20 bits per heavy atom. The Morgan fingerprint density at radius 3 is 2.90 bits per heavy atom. The molecule has 1 saturated carbocycles. The van der Waals surface area contributed by atoms with Crippen molar-refractivity contribution in [3.05, 3.63) is 35.4 Å². The number of benzene rings is 1. The summed E-state index contributed by atoms with van der Waals surface area (Å²) in [4.78, 5) is 13.6. The number of aliphatic hydroxyl groups is 1. The molecule has 0 spiro atoms. The van der Waals surface area contributed by atoms with E-state index >= 15 is 0 Å². The van der Waals surface area contributed by atoms with Crippen LogP contribution in [0.3, 0.4) is 0 Å². The van der Waals surface area contributed by atoms with Gasteiger partial charge in [-0.1, -0.05) is 30.0 Å². The maximum atomic E-state index is 11.9. The highest BCUT2D eigenvalue weighted by molar-refractivity contribution is 5.74. The molecule has 0 aromatic heterocycles. The van der Waals surface area contributed by atoms with E-state index in [2.05, 4.69) is 17.2 Å². The molecule has 0 aliphatic heterocycles. The van der Waals surface area contributed by atoms with Crippen molar-refractivity contribution in [2.75, 3.05) is 13.7 Å². The van der Waals surface area contributed by atoms with Gasteiger partial charge in [0.05, 0.1) is 6.61 Å². The summed E-state index contributed by atoms with van der Waals surface area (Å²) in [6.45, 7) is 0.599. The van der Waals surface area contributed by atoms with Crippen LogP contribution in [0, 0.1) is 11.8 Å². The average Bonchev–Trinajstić information content (AvgIpc) is 3.25. The standard InChI is InChI=1S/C16H20N2O2/c1-18(16(20)17-15-9-10-15)12-14-8-3-2-6-13(14)7-4-5-11-19/h2-3,6,8,15,19H,5,9-12H2,1H3,(H,17,20). The number of urea groups is 1. The van der Waals surface area contributed by atoms with Gasteiger partial charge in [-0.05, 0) is 24.5 Å². The van der Waals surface area contributed by atoms with Crippen molar-refractivity contribution in [1.82, 2.24) is 10.2 Å². The fourth-order valence-corrected chi connectivity index (χ4v) is 1.83. The number of carbonyl (C=O) groups excluding carboxylic acids is 1. The molecule has 2 N–H and O–H groups in total. The number of nitrogens with zero attached hydrogens (tertiary/aromatic N) is 1. The number of hydrogen-bond donors (Lipinski definition) is 2. The largest absolute Gasteiger partial charge is 0.395 e. The minimum absolute atomic E-state index is 0.0365. The highest BCUT2D eigenvalue weighted by Crippen LogP contribution is 2.19. The van der Waals surface area contributed by atoms with Crippen molar-refractivity contribution in [2.45, 2.75) is 31.8 Å². The molecule has 0 bridgehead atoms. The topological polar surface area (TPSA) is 52.6 Å².